The largest absolute Gasteiger partial charge is 0.399 e. The van der Waals surface area contributed by atoms with Crippen molar-refractivity contribution in [2.45, 2.75) is 22.4 Å². The molecule has 1 heterocycles. The topological polar surface area (TPSA) is 101 Å². The van der Waals surface area contributed by atoms with Gasteiger partial charge in [-0.25, -0.2) is 8.42 Å². The average molecular weight is 401 g/mol. The molecule has 6 nitrogen and oxygen atoms in total. The lowest BCUT2D eigenvalue weighted by Gasteiger charge is -2.22. The van der Waals surface area contributed by atoms with Crippen LogP contribution in [-0.4, -0.2) is 41.7 Å². The van der Waals surface area contributed by atoms with Gasteiger partial charge >= 0.3 is 0 Å². The van der Waals surface area contributed by atoms with Crippen molar-refractivity contribution < 1.29 is 13.2 Å². The first kappa shape index (κ1) is 18.6. The van der Waals surface area contributed by atoms with Gasteiger partial charge in [0.1, 0.15) is 0 Å². The summed E-state index contributed by atoms with van der Waals surface area (Å²) >= 11 is 16.5. The second-order valence-corrected chi connectivity index (χ2v) is 9.82. The van der Waals surface area contributed by atoms with Crippen LogP contribution in [0.25, 0.3) is 0 Å². The molecule has 0 bridgehead atoms. The van der Waals surface area contributed by atoms with Crippen LogP contribution in [0.2, 0.25) is 0 Å². The molecule has 0 saturated carbocycles. The van der Waals surface area contributed by atoms with Crippen molar-refractivity contribution in [1.29, 1.82) is 0 Å². The van der Waals surface area contributed by atoms with E-state index < -0.39 is 31.6 Å². The van der Waals surface area contributed by atoms with E-state index in [1.165, 1.54) is 0 Å². The molecule has 1 fully saturated rings. The highest BCUT2D eigenvalue weighted by molar-refractivity contribution is 7.91. The minimum atomic E-state index is -3.27. The van der Waals surface area contributed by atoms with E-state index in [0.717, 1.165) is 5.56 Å². The predicted molar refractivity (Wildman–Crippen MR) is 92.4 cm³/mol. The number of sulfone groups is 1. The number of amides is 1. The summed E-state index contributed by atoms with van der Waals surface area (Å²) in [6.07, 6.45) is 0. The molecule has 23 heavy (non-hydrogen) atoms. The highest BCUT2D eigenvalue weighted by Gasteiger charge is 2.41. The maximum Gasteiger partial charge on any atom is 0.272 e. The molecule has 0 aliphatic carbocycles. The number of nitrogen functional groups attached to an aromatic ring is 1. The molecule has 1 aromatic carbocycles. The summed E-state index contributed by atoms with van der Waals surface area (Å²) in [5.74, 6) is -1.13. The highest BCUT2D eigenvalue weighted by atomic mass is 35.6. The lowest BCUT2D eigenvalue weighted by atomic mass is 10.1. The van der Waals surface area contributed by atoms with Gasteiger partial charge in [0.2, 0.25) is 0 Å². The molecule has 128 valence electrons. The number of rotatable bonds is 4. The van der Waals surface area contributed by atoms with E-state index in [9.17, 15) is 13.2 Å². The Labute approximate surface area is 149 Å². The minimum absolute atomic E-state index is 0.0905. The molecule has 0 spiro atoms. The molecule has 1 amide bonds. The number of halogens is 3. The van der Waals surface area contributed by atoms with Crippen LogP contribution >= 0.6 is 34.8 Å². The van der Waals surface area contributed by atoms with Crippen LogP contribution in [0.5, 0.6) is 0 Å². The second-order valence-electron chi connectivity index (χ2n) is 5.38. The van der Waals surface area contributed by atoms with Crippen molar-refractivity contribution in [3.05, 3.63) is 29.8 Å². The second kappa shape index (κ2) is 7.03. The number of nitrogens with one attached hydrogen (secondary N) is 2. The Balaban J connectivity index is 2.02. The fourth-order valence-electron chi connectivity index (χ4n) is 2.33. The van der Waals surface area contributed by atoms with Gasteiger partial charge in [-0.2, -0.15) is 0 Å². The average Bonchev–Trinajstić information content (AvgIpc) is 2.71. The van der Waals surface area contributed by atoms with Gasteiger partial charge < -0.3 is 16.4 Å². The number of carbonyl (C=O) groups is 1. The number of carbonyl (C=O) groups excluding carboxylic acids is 1. The zero-order valence-corrected chi connectivity index (χ0v) is 15.0. The highest BCUT2D eigenvalue weighted by Crippen LogP contribution is 2.27. The molecule has 0 radical (unpaired) electrons. The van der Waals surface area contributed by atoms with Crippen LogP contribution in [0.15, 0.2) is 24.3 Å². The van der Waals surface area contributed by atoms with Crippen molar-refractivity contribution in [3.8, 4) is 0 Å². The first-order chi connectivity index (χ1) is 10.6. The summed E-state index contributed by atoms with van der Waals surface area (Å²) in [4.78, 5) is 11.7. The number of hydrogen-bond donors (Lipinski definition) is 3. The maximum atomic E-state index is 11.8. The summed E-state index contributed by atoms with van der Waals surface area (Å²) in [6.45, 7) is 0.431. The first-order valence-electron chi connectivity index (χ1n) is 6.73. The molecular weight excluding hydrogens is 385 g/mol. The van der Waals surface area contributed by atoms with E-state index in [-0.39, 0.29) is 11.5 Å². The van der Waals surface area contributed by atoms with E-state index in [4.69, 9.17) is 40.5 Å². The quantitative estimate of drug-likeness (QED) is 0.517. The van der Waals surface area contributed by atoms with Gasteiger partial charge in [0.15, 0.2) is 9.84 Å². The van der Waals surface area contributed by atoms with Gasteiger partial charge in [-0.05, 0) is 17.7 Å². The first-order valence-corrected chi connectivity index (χ1v) is 9.68. The van der Waals surface area contributed by atoms with Crippen molar-refractivity contribution in [1.82, 2.24) is 10.6 Å². The standard InChI is InChI=1S/C13H16Cl3N3O3S/c14-13(15,16)12(20)19-11-7-23(21,22)6-10(11)18-5-8-1-3-9(17)4-2-8/h1-4,10-11,18H,5-7,17H2,(H,19,20)/t10-,11+/m1/s1. The van der Waals surface area contributed by atoms with Gasteiger partial charge in [-0.3, -0.25) is 4.79 Å². The monoisotopic (exact) mass is 399 g/mol. The molecule has 1 aromatic rings. The molecular formula is C13H16Cl3N3O3S. The lowest BCUT2D eigenvalue weighted by molar-refractivity contribution is -0.120. The number of anilines is 1. The summed E-state index contributed by atoms with van der Waals surface area (Å²) in [5.41, 5.74) is 7.20. The lowest BCUT2D eigenvalue weighted by Crippen LogP contribution is -2.51. The maximum absolute atomic E-state index is 11.8. The molecule has 2 rings (SSSR count). The Morgan fingerprint density at radius 2 is 1.74 bits per heavy atom. The number of alkyl halides is 3. The smallest absolute Gasteiger partial charge is 0.272 e. The number of benzene rings is 1. The fourth-order valence-corrected chi connectivity index (χ4v) is 4.39. The van der Waals surface area contributed by atoms with Crippen LogP contribution in [-0.2, 0) is 21.2 Å². The summed E-state index contributed by atoms with van der Waals surface area (Å²) in [5, 5.41) is 5.59. The van der Waals surface area contributed by atoms with E-state index >= 15 is 0 Å². The Hall–Kier alpha value is -0.730. The van der Waals surface area contributed by atoms with Crippen LogP contribution < -0.4 is 16.4 Å². The number of nitrogens with two attached hydrogens (primary N) is 1. The third-order valence-electron chi connectivity index (χ3n) is 3.47. The molecule has 1 saturated heterocycles. The molecule has 2 atom stereocenters. The van der Waals surface area contributed by atoms with Gasteiger partial charge in [0.25, 0.3) is 9.70 Å². The SMILES string of the molecule is Nc1ccc(CN[C@@H]2CS(=O)(=O)C[C@@H]2NC(=O)C(Cl)(Cl)Cl)cc1. The minimum Gasteiger partial charge on any atom is -0.399 e. The normalized spacial score (nSPS) is 23.6. The Morgan fingerprint density at radius 1 is 1.17 bits per heavy atom. The van der Waals surface area contributed by atoms with Gasteiger partial charge in [0, 0.05) is 18.3 Å². The van der Waals surface area contributed by atoms with Crippen molar-refractivity contribution in [2.75, 3.05) is 17.2 Å². The zero-order valence-electron chi connectivity index (χ0n) is 11.9. The van der Waals surface area contributed by atoms with E-state index in [0.29, 0.717) is 12.2 Å². The molecule has 1 aliphatic rings. The zero-order chi connectivity index (χ0) is 17.3. The van der Waals surface area contributed by atoms with Crippen LogP contribution in [0.3, 0.4) is 0 Å². The van der Waals surface area contributed by atoms with E-state index in [1.807, 2.05) is 12.1 Å². The van der Waals surface area contributed by atoms with Crippen LogP contribution in [0, 0.1) is 0 Å². The summed E-state index contributed by atoms with van der Waals surface area (Å²) < 4.78 is 21.5. The van der Waals surface area contributed by atoms with Gasteiger partial charge in [0.05, 0.1) is 17.5 Å². The van der Waals surface area contributed by atoms with Crippen LogP contribution in [0.4, 0.5) is 5.69 Å². The van der Waals surface area contributed by atoms with Crippen molar-refractivity contribution >= 4 is 56.2 Å². The predicted octanol–water partition coefficient (Wildman–Crippen LogP) is 1.01. The van der Waals surface area contributed by atoms with E-state index in [1.54, 1.807) is 12.1 Å². The van der Waals surface area contributed by atoms with E-state index in [2.05, 4.69) is 10.6 Å². The summed E-state index contributed by atoms with van der Waals surface area (Å²) in [7, 11) is -3.27. The Bertz CT molecular complexity index is 674. The van der Waals surface area contributed by atoms with Crippen LogP contribution in [0.1, 0.15) is 5.56 Å². The van der Waals surface area contributed by atoms with Gasteiger partial charge in [-0.15, -0.1) is 0 Å². The molecule has 0 unspecified atom stereocenters. The third-order valence-corrected chi connectivity index (χ3v) is 5.72. The molecule has 4 N–H and O–H groups in total. The fraction of sp³-hybridized carbons (Fsp3) is 0.462. The third kappa shape index (κ3) is 5.39. The Kier molecular flexibility index (Phi) is 5.68. The van der Waals surface area contributed by atoms with Crippen molar-refractivity contribution in [3.63, 3.8) is 0 Å². The Morgan fingerprint density at radius 3 is 2.30 bits per heavy atom. The summed E-state index contributed by atoms with van der Waals surface area (Å²) in [6, 6.07) is 6.06. The molecule has 0 aromatic heterocycles. The molecule has 10 heteroatoms. The number of hydrogen-bond acceptors (Lipinski definition) is 5. The van der Waals surface area contributed by atoms with Gasteiger partial charge in [-0.1, -0.05) is 46.9 Å². The van der Waals surface area contributed by atoms with Crippen molar-refractivity contribution in [2.24, 2.45) is 0 Å². The molecule has 1 aliphatic heterocycles.